The highest BCUT2D eigenvalue weighted by molar-refractivity contribution is 5.95. The number of aliphatic hydroxyl groups is 1. The Morgan fingerprint density at radius 2 is 2.04 bits per heavy atom. The van der Waals surface area contributed by atoms with E-state index >= 15 is 0 Å². The van der Waals surface area contributed by atoms with Crippen LogP contribution in [0.1, 0.15) is 48.0 Å². The summed E-state index contributed by atoms with van der Waals surface area (Å²) in [6, 6.07) is 6.08. The molecule has 1 unspecified atom stereocenters. The first-order valence-corrected chi connectivity index (χ1v) is 10.4. The number of carbonyl (C=O) groups is 1. The standard InChI is InChI=1S/C22H32N2O3/c1-17-13-19(5-6-20(17)23-9-11-27-12-10-23)21(26)24-8-2-7-22(15-24,16-25)14-18-3-4-18/h5-6,13,18,25H,2-4,7-12,14-16H2,1H3. The fourth-order valence-corrected chi connectivity index (χ4v) is 4.81. The van der Waals surface area contributed by atoms with E-state index in [-0.39, 0.29) is 17.9 Å². The third-order valence-electron chi connectivity index (χ3n) is 6.50. The number of rotatable bonds is 5. The number of nitrogens with zero attached hydrogens (tertiary/aromatic N) is 2. The van der Waals surface area contributed by atoms with E-state index < -0.39 is 0 Å². The van der Waals surface area contributed by atoms with Crippen LogP contribution in [0.3, 0.4) is 0 Å². The fourth-order valence-electron chi connectivity index (χ4n) is 4.81. The van der Waals surface area contributed by atoms with Crippen LogP contribution in [0.2, 0.25) is 0 Å². The molecule has 3 fully saturated rings. The van der Waals surface area contributed by atoms with Crippen molar-refractivity contribution in [3.63, 3.8) is 0 Å². The topological polar surface area (TPSA) is 53.0 Å². The fraction of sp³-hybridized carbons (Fsp3) is 0.682. The molecule has 2 aliphatic heterocycles. The number of amides is 1. The zero-order valence-electron chi connectivity index (χ0n) is 16.5. The second kappa shape index (κ2) is 7.80. The summed E-state index contributed by atoms with van der Waals surface area (Å²) in [5.74, 6) is 0.877. The maximum absolute atomic E-state index is 13.2. The van der Waals surface area contributed by atoms with Crippen molar-refractivity contribution in [3.8, 4) is 0 Å². The van der Waals surface area contributed by atoms with Crippen molar-refractivity contribution in [2.24, 2.45) is 11.3 Å². The molecular weight excluding hydrogens is 340 g/mol. The zero-order valence-corrected chi connectivity index (χ0v) is 16.5. The molecule has 1 N–H and O–H groups in total. The van der Waals surface area contributed by atoms with Crippen LogP contribution in [0, 0.1) is 18.3 Å². The Kier molecular flexibility index (Phi) is 5.42. The predicted octanol–water partition coefficient (Wildman–Crippen LogP) is 2.85. The number of hydrogen-bond donors (Lipinski definition) is 1. The molecule has 1 saturated carbocycles. The van der Waals surface area contributed by atoms with Gasteiger partial charge in [-0.2, -0.15) is 0 Å². The third kappa shape index (κ3) is 4.14. The molecule has 1 aromatic carbocycles. The van der Waals surface area contributed by atoms with E-state index in [4.69, 9.17) is 4.74 Å². The van der Waals surface area contributed by atoms with Gasteiger partial charge in [-0.05, 0) is 55.9 Å². The Bertz CT molecular complexity index is 682. The highest BCUT2D eigenvalue weighted by Crippen LogP contribution is 2.44. The van der Waals surface area contributed by atoms with Crippen molar-refractivity contribution in [2.75, 3.05) is 50.9 Å². The highest BCUT2D eigenvalue weighted by atomic mass is 16.5. The van der Waals surface area contributed by atoms with Crippen LogP contribution in [0.15, 0.2) is 18.2 Å². The van der Waals surface area contributed by atoms with Gasteiger partial charge in [0.15, 0.2) is 0 Å². The van der Waals surface area contributed by atoms with Crippen LogP contribution in [0.25, 0.3) is 0 Å². The molecule has 5 heteroatoms. The molecule has 1 amide bonds. The normalized spacial score (nSPS) is 26.3. The smallest absolute Gasteiger partial charge is 0.253 e. The van der Waals surface area contributed by atoms with Crippen molar-refractivity contribution in [1.29, 1.82) is 0 Å². The molecule has 5 nitrogen and oxygen atoms in total. The summed E-state index contributed by atoms with van der Waals surface area (Å²) < 4.78 is 5.44. The first kappa shape index (κ1) is 18.8. The molecule has 4 rings (SSSR count). The van der Waals surface area contributed by atoms with E-state index in [9.17, 15) is 9.90 Å². The number of ether oxygens (including phenoxy) is 1. The molecular formula is C22H32N2O3. The Balaban J connectivity index is 1.47. The minimum absolute atomic E-state index is 0.0855. The van der Waals surface area contributed by atoms with E-state index in [2.05, 4.69) is 17.9 Å². The van der Waals surface area contributed by atoms with Gasteiger partial charge in [0.1, 0.15) is 0 Å². The van der Waals surface area contributed by atoms with Crippen LogP contribution in [-0.4, -0.2) is 61.9 Å². The van der Waals surface area contributed by atoms with E-state index in [0.29, 0.717) is 6.54 Å². The van der Waals surface area contributed by atoms with E-state index in [1.165, 1.54) is 18.5 Å². The SMILES string of the molecule is Cc1cc(C(=O)N2CCCC(CO)(CC3CC3)C2)ccc1N1CCOCC1. The van der Waals surface area contributed by atoms with E-state index in [1.54, 1.807) is 0 Å². The highest BCUT2D eigenvalue weighted by Gasteiger charge is 2.41. The molecule has 0 aromatic heterocycles. The second-order valence-electron chi connectivity index (χ2n) is 8.74. The van der Waals surface area contributed by atoms with Gasteiger partial charge in [0, 0.05) is 42.8 Å². The average Bonchev–Trinajstić information content (AvgIpc) is 3.52. The first-order chi connectivity index (χ1) is 13.1. The summed E-state index contributed by atoms with van der Waals surface area (Å²) in [6.07, 6.45) is 5.68. The number of morpholine rings is 1. The lowest BCUT2D eigenvalue weighted by atomic mass is 9.76. The maximum Gasteiger partial charge on any atom is 0.253 e. The van der Waals surface area contributed by atoms with Gasteiger partial charge in [-0.1, -0.05) is 12.8 Å². The lowest BCUT2D eigenvalue weighted by Gasteiger charge is -2.42. The molecule has 2 saturated heterocycles. The molecule has 2 heterocycles. The van der Waals surface area contributed by atoms with Crippen molar-refractivity contribution in [2.45, 2.75) is 39.0 Å². The van der Waals surface area contributed by atoms with Crippen molar-refractivity contribution < 1.29 is 14.6 Å². The number of aliphatic hydroxyl groups excluding tert-OH is 1. The summed E-state index contributed by atoms with van der Waals surface area (Å²) in [5.41, 5.74) is 3.03. The molecule has 1 aromatic rings. The van der Waals surface area contributed by atoms with Crippen LogP contribution >= 0.6 is 0 Å². The van der Waals surface area contributed by atoms with Gasteiger partial charge in [0.05, 0.1) is 19.8 Å². The van der Waals surface area contributed by atoms with Crippen molar-refractivity contribution in [1.82, 2.24) is 4.90 Å². The maximum atomic E-state index is 13.2. The molecule has 0 spiro atoms. The zero-order chi connectivity index (χ0) is 18.9. The molecule has 0 bridgehead atoms. The second-order valence-corrected chi connectivity index (χ2v) is 8.74. The quantitative estimate of drug-likeness (QED) is 0.864. The molecule has 0 radical (unpaired) electrons. The molecule has 148 valence electrons. The Labute approximate surface area is 162 Å². The summed E-state index contributed by atoms with van der Waals surface area (Å²) in [6.45, 7) is 7.11. The summed E-state index contributed by atoms with van der Waals surface area (Å²) in [7, 11) is 0. The van der Waals surface area contributed by atoms with Crippen LogP contribution in [-0.2, 0) is 4.74 Å². The molecule has 27 heavy (non-hydrogen) atoms. The minimum Gasteiger partial charge on any atom is -0.396 e. The summed E-state index contributed by atoms with van der Waals surface area (Å²) in [5, 5.41) is 10.1. The first-order valence-electron chi connectivity index (χ1n) is 10.4. The number of likely N-dealkylation sites (tertiary alicyclic amines) is 1. The number of aryl methyl sites for hydroxylation is 1. The summed E-state index contributed by atoms with van der Waals surface area (Å²) >= 11 is 0. The van der Waals surface area contributed by atoms with Gasteiger partial charge in [-0.15, -0.1) is 0 Å². The Morgan fingerprint density at radius 1 is 1.26 bits per heavy atom. The monoisotopic (exact) mass is 372 g/mol. The Morgan fingerprint density at radius 3 is 2.70 bits per heavy atom. The number of anilines is 1. The van der Waals surface area contributed by atoms with E-state index in [1.807, 2.05) is 17.0 Å². The Hall–Kier alpha value is -1.59. The van der Waals surface area contributed by atoms with Crippen molar-refractivity contribution >= 4 is 11.6 Å². The van der Waals surface area contributed by atoms with Gasteiger partial charge < -0.3 is 19.6 Å². The summed E-state index contributed by atoms with van der Waals surface area (Å²) in [4.78, 5) is 17.5. The van der Waals surface area contributed by atoms with Crippen LogP contribution in [0.4, 0.5) is 5.69 Å². The number of benzene rings is 1. The third-order valence-corrected chi connectivity index (χ3v) is 6.50. The van der Waals surface area contributed by atoms with Crippen LogP contribution < -0.4 is 4.90 Å². The van der Waals surface area contributed by atoms with Gasteiger partial charge in [0.2, 0.25) is 0 Å². The number of hydrogen-bond acceptors (Lipinski definition) is 4. The predicted molar refractivity (Wildman–Crippen MR) is 106 cm³/mol. The van der Waals surface area contributed by atoms with Gasteiger partial charge >= 0.3 is 0 Å². The average molecular weight is 373 g/mol. The number of carbonyl (C=O) groups excluding carboxylic acids is 1. The van der Waals surface area contributed by atoms with Gasteiger partial charge in [-0.25, -0.2) is 0 Å². The lowest BCUT2D eigenvalue weighted by Crippen LogP contribution is -2.48. The largest absolute Gasteiger partial charge is 0.396 e. The minimum atomic E-state index is -0.0855. The van der Waals surface area contributed by atoms with Crippen LogP contribution in [0.5, 0.6) is 0 Å². The lowest BCUT2D eigenvalue weighted by molar-refractivity contribution is 0.0196. The molecule has 1 atom stereocenters. The molecule has 3 aliphatic rings. The van der Waals surface area contributed by atoms with E-state index in [0.717, 1.165) is 69.2 Å². The van der Waals surface area contributed by atoms with Gasteiger partial charge in [-0.3, -0.25) is 4.79 Å². The van der Waals surface area contributed by atoms with Crippen molar-refractivity contribution in [3.05, 3.63) is 29.3 Å². The van der Waals surface area contributed by atoms with Gasteiger partial charge in [0.25, 0.3) is 5.91 Å². The number of piperidine rings is 1. The molecule has 1 aliphatic carbocycles.